The Bertz CT molecular complexity index is 351. The molecule has 4 N–H and O–H groups in total. The van der Waals surface area contributed by atoms with Crippen LogP contribution in [0, 0.1) is 0 Å². The zero-order valence-electron chi connectivity index (χ0n) is 7.30. The summed E-state index contributed by atoms with van der Waals surface area (Å²) in [6, 6.07) is 2.90. The van der Waals surface area contributed by atoms with Gasteiger partial charge in [0.05, 0.1) is 5.97 Å². The molecule has 0 fully saturated rings. The molecule has 0 aliphatic carbocycles. The zero-order valence-corrected chi connectivity index (χ0v) is 7.30. The van der Waals surface area contributed by atoms with Gasteiger partial charge in [-0.2, -0.15) is 0 Å². The molecule has 0 bridgehead atoms. The summed E-state index contributed by atoms with van der Waals surface area (Å²) in [6.45, 7) is 0. The third-order valence-electron chi connectivity index (χ3n) is 1.80. The van der Waals surface area contributed by atoms with Gasteiger partial charge in [0, 0.05) is 6.04 Å². The van der Waals surface area contributed by atoms with E-state index in [0.717, 1.165) is 0 Å². The van der Waals surface area contributed by atoms with Crippen LogP contribution in [-0.4, -0.2) is 22.2 Å². The lowest BCUT2D eigenvalue weighted by molar-refractivity contribution is -0.307. The van der Waals surface area contributed by atoms with E-state index in [-0.39, 0.29) is 17.9 Å². The van der Waals surface area contributed by atoms with Gasteiger partial charge in [0.15, 0.2) is 11.5 Å². The number of phenolic OH excluding ortho intramolecular Hbond substituents is 2. The molecular formula is C9H10NO4-. The number of benzene rings is 1. The van der Waals surface area contributed by atoms with Crippen LogP contribution < -0.4 is 10.8 Å². The number of phenols is 2. The maximum absolute atomic E-state index is 10.3. The minimum Gasteiger partial charge on any atom is -0.548 e. The highest BCUT2D eigenvalue weighted by Crippen LogP contribution is 2.25. The molecule has 0 saturated carbocycles. The molecular weight excluding hydrogens is 186 g/mol. The quantitative estimate of drug-likeness (QED) is 0.522. The molecule has 0 aromatic heterocycles. The van der Waals surface area contributed by atoms with Crippen molar-refractivity contribution in [3.63, 3.8) is 0 Å². The van der Waals surface area contributed by atoms with Crippen LogP contribution >= 0.6 is 0 Å². The second-order valence-corrected chi connectivity index (χ2v) is 2.95. The fraction of sp³-hybridized carbons (Fsp3) is 0.222. The van der Waals surface area contributed by atoms with Gasteiger partial charge in [-0.05, 0) is 24.1 Å². The van der Waals surface area contributed by atoms with Gasteiger partial charge < -0.3 is 25.8 Å². The molecule has 0 amide bonds. The van der Waals surface area contributed by atoms with Crippen LogP contribution in [0.5, 0.6) is 11.5 Å². The van der Waals surface area contributed by atoms with Crippen molar-refractivity contribution < 1.29 is 20.1 Å². The number of nitrogens with two attached hydrogens (primary N) is 1. The molecule has 0 heterocycles. The second-order valence-electron chi connectivity index (χ2n) is 2.95. The fourth-order valence-electron chi connectivity index (χ4n) is 1.03. The first-order chi connectivity index (χ1) is 6.50. The van der Waals surface area contributed by atoms with Crippen LogP contribution in [0.4, 0.5) is 0 Å². The maximum atomic E-state index is 10.3. The Balaban J connectivity index is 2.78. The first-order valence-corrected chi connectivity index (χ1v) is 3.98. The molecule has 0 radical (unpaired) electrons. The predicted octanol–water partition coefficient (Wildman–Crippen LogP) is -1.28. The molecule has 76 valence electrons. The molecule has 0 spiro atoms. The summed E-state index contributed by atoms with van der Waals surface area (Å²) in [7, 11) is 0. The summed E-state index contributed by atoms with van der Waals surface area (Å²) in [5, 5.41) is 28.4. The van der Waals surface area contributed by atoms with E-state index >= 15 is 0 Å². The minimum absolute atomic E-state index is 0.0518. The zero-order chi connectivity index (χ0) is 10.7. The summed E-state index contributed by atoms with van der Waals surface area (Å²) in [4.78, 5) is 10.3. The largest absolute Gasteiger partial charge is 0.548 e. The number of hydrogen-bond donors (Lipinski definition) is 3. The monoisotopic (exact) mass is 196 g/mol. The van der Waals surface area contributed by atoms with Crippen LogP contribution in [0.3, 0.4) is 0 Å². The van der Waals surface area contributed by atoms with Crippen molar-refractivity contribution in [1.82, 2.24) is 0 Å². The summed E-state index contributed by atoms with van der Waals surface area (Å²) in [5.74, 6) is -1.90. The predicted molar refractivity (Wildman–Crippen MR) is 46.5 cm³/mol. The number of hydrogen-bond acceptors (Lipinski definition) is 5. The average molecular weight is 196 g/mol. The molecule has 1 rings (SSSR count). The third kappa shape index (κ3) is 2.37. The van der Waals surface area contributed by atoms with Gasteiger partial charge in [0.1, 0.15) is 0 Å². The molecule has 0 saturated heterocycles. The second kappa shape index (κ2) is 3.97. The van der Waals surface area contributed by atoms with E-state index < -0.39 is 12.0 Å². The summed E-state index contributed by atoms with van der Waals surface area (Å²) in [6.07, 6.45) is 0.0518. The lowest BCUT2D eigenvalue weighted by Crippen LogP contribution is -2.43. The average Bonchev–Trinajstić information content (AvgIpc) is 2.11. The highest BCUT2D eigenvalue weighted by molar-refractivity contribution is 5.71. The molecule has 14 heavy (non-hydrogen) atoms. The van der Waals surface area contributed by atoms with E-state index in [1.165, 1.54) is 18.2 Å². The van der Waals surface area contributed by atoms with Gasteiger partial charge in [-0.25, -0.2) is 0 Å². The molecule has 1 aromatic rings. The number of aromatic hydroxyl groups is 2. The van der Waals surface area contributed by atoms with Crippen molar-refractivity contribution in [3.05, 3.63) is 23.8 Å². The number of aliphatic carboxylic acids is 1. The third-order valence-corrected chi connectivity index (χ3v) is 1.80. The number of rotatable bonds is 3. The topological polar surface area (TPSA) is 107 Å². The lowest BCUT2D eigenvalue weighted by atomic mass is 10.1. The smallest absolute Gasteiger partial charge is 0.157 e. The van der Waals surface area contributed by atoms with Crippen molar-refractivity contribution in [1.29, 1.82) is 0 Å². The molecule has 0 aliphatic heterocycles. The van der Waals surface area contributed by atoms with E-state index in [1.54, 1.807) is 0 Å². The Morgan fingerprint density at radius 3 is 2.57 bits per heavy atom. The first-order valence-electron chi connectivity index (χ1n) is 3.98. The van der Waals surface area contributed by atoms with E-state index in [9.17, 15) is 9.90 Å². The minimum atomic E-state index is -1.35. The van der Waals surface area contributed by atoms with Crippen LogP contribution in [0.25, 0.3) is 0 Å². The lowest BCUT2D eigenvalue weighted by Gasteiger charge is -2.12. The standard InChI is InChI=1S/C9H11NO4/c10-6(9(13)14)3-5-1-2-7(11)8(12)4-5/h1-2,4,6,11-12H,3,10H2,(H,13,14)/p-1/t6-/m0/s1. The molecule has 0 aliphatic rings. The molecule has 1 atom stereocenters. The highest BCUT2D eigenvalue weighted by Gasteiger charge is 2.06. The van der Waals surface area contributed by atoms with Crippen molar-refractivity contribution in [2.24, 2.45) is 5.73 Å². The van der Waals surface area contributed by atoms with Gasteiger partial charge >= 0.3 is 0 Å². The van der Waals surface area contributed by atoms with Gasteiger partial charge in [-0.3, -0.25) is 0 Å². The van der Waals surface area contributed by atoms with Crippen LogP contribution in [0.15, 0.2) is 18.2 Å². The Morgan fingerprint density at radius 2 is 2.07 bits per heavy atom. The maximum Gasteiger partial charge on any atom is 0.157 e. The highest BCUT2D eigenvalue weighted by atomic mass is 16.4. The molecule has 5 heteroatoms. The van der Waals surface area contributed by atoms with Crippen molar-refractivity contribution in [2.75, 3.05) is 0 Å². The summed E-state index contributed by atoms with van der Waals surface area (Å²) in [5.41, 5.74) is 5.76. The normalized spacial score (nSPS) is 12.4. The molecule has 1 aromatic carbocycles. The molecule has 5 nitrogen and oxygen atoms in total. The van der Waals surface area contributed by atoms with Crippen LogP contribution in [-0.2, 0) is 11.2 Å². The Labute approximate surface area is 80.4 Å². The van der Waals surface area contributed by atoms with Crippen LogP contribution in [0.1, 0.15) is 5.56 Å². The van der Waals surface area contributed by atoms with E-state index in [0.29, 0.717) is 5.56 Å². The number of carboxylic acid groups (broad SMARTS) is 1. The molecule has 0 unspecified atom stereocenters. The van der Waals surface area contributed by atoms with Crippen molar-refractivity contribution in [2.45, 2.75) is 12.5 Å². The van der Waals surface area contributed by atoms with E-state index in [2.05, 4.69) is 0 Å². The Morgan fingerprint density at radius 1 is 1.43 bits per heavy atom. The first kappa shape index (κ1) is 10.3. The van der Waals surface area contributed by atoms with E-state index in [4.69, 9.17) is 15.9 Å². The Kier molecular flexibility index (Phi) is 2.93. The number of carbonyl (C=O) groups excluding carboxylic acids is 1. The van der Waals surface area contributed by atoms with Gasteiger partial charge in [0.25, 0.3) is 0 Å². The Hall–Kier alpha value is -1.75. The van der Waals surface area contributed by atoms with Gasteiger partial charge in [0.2, 0.25) is 0 Å². The number of carbonyl (C=O) groups is 1. The number of carboxylic acids is 1. The van der Waals surface area contributed by atoms with Gasteiger partial charge in [-0.15, -0.1) is 0 Å². The summed E-state index contributed by atoms with van der Waals surface area (Å²) < 4.78 is 0. The van der Waals surface area contributed by atoms with Crippen molar-refractivity contribution in [3.8, 4) is 11.5 Å². The summed E-state index contributed by atoms with van der Waals surface area (Å²) >= 11 is 0. The van der Waals surface area contributed by atoms with Crippen LogP contribution in [0.2, 0.25) is 0 Å². The van der Waals surface area contributed by atoms with E-state index in [1.807, 2.05) is 0 Å². The fourth-order valence-corrected chi connectivity index (χ4v) is 1.03. The SMILES string of the molecule is N[C@@H](Cc1ccc(O)c(O)c1)C(=O)[O-]. The van der Waals surface area contributed by atoms with Gasteiger partial charge in [-0.1, -0.05) is 6.07 Å². The van der Waals surface area contributed by atoms with Crippen molar-refractivity contribution >= 4 is 5.97 Å².